The Morgan fingerprint density at radius 3 is 2.86 bits per heavy atom. The molecule has 1 aromatic rings. The highest BCUT2D eigenvalue weighted by atomic mass is 79.9. The second-order valence-corrected chi connectivity index (χ2v) is 7.67. The molecular weight excluding hydrogens is 350 g/mol. The Balaban J connectivity index is 1.71. The van der Waals surface area contributed by atoms with Crippen LogP contribution in [0, 0.1) is 0 Å². The summed E-state index contributed by atoms with van der Waals surface area (Å²) in [7, 11) is 0. The van der Waals surface area contributed by atoms with Crippen molar-refractivity contribution in [3.05, 3.63) is 20.8 Å². The summed E-state index contributed by atoms with van der Waals surface area (Å²) in [4.78, 5) is 18.6. The van der Waals surface area contributed by atoms with E-state index < -0.39 is 0 Å². The Bertz CT molecular complexity index is 501. The first-order valence-corrected chi connectivity index (χ1v) is 9.33. The summed E-state index contributed by atoms with van der Waals surface area (Å²) in [6.45, 7) is 6.79. The lowest BCUT2D eigenvalue weighted by atomic mass is 10.1. The lowest BCUT2D eigenvalue weighted by Crippen LogP contribution is -2.52. The third-order valence-corrected chi connectivity index (χ3v) is 6.37. The number of hydrogen-bond acceptors (Lipinski definition) is 4. The van der Waals surface area contributed by atoms with Gasteiger partial charge in [-0.1, -0.05) is 0 Å². The third-order valence-electron chi connectivity index (χ3n) is 4.50. The van der Waals surface area contributed by atoms with Crippen LogP contribution in [0.4, 0.5) is 0 Å². The number of amides is 1. The number of nitrogens with one attached hydrogen (secondary N) is 1. The van der Waals surface area contributed by atoms with E-state index in [0.717, 1.165) is 50.0 Å². The summed E-state index contributed by atoms with van der Waals surface area (Å²) in [5.41, 5.74) is 0. The van der Waals surface area contributed by atoms with Gasteiger partial charge in [-0.2, -0.15) is 0 Å². The van der Waals surface area contributed by atoms with Crippen molar-refractivity contribution < 1.29 is 4.79 Å². The van der Waals surface area contributed by atoms with Gasteiger partial charge in [0.25, 0.3) is 0 Å². The van der Waals surface area contributed by atoms with Gasteiger partial charge in [0.2, 0.25) is 5.91 Å². The first kappa shape index (κ1) is 15.5. The van der Waals surface area contributed by atoms with Gasteiger partial charge in [-0.3, -0.25) is 9.69 Å². The molecule has 2 atom stereocenters. The van der Waals surface area contributed by atoms with Gasteiger partial charge in [0, 0.05) is 47.0 Å². The van der Waals surface area contributed by atoms with E-state index in [9.17, 15) is 4.79 Å². The molecular formula is C15H22BrN3OS. The van der Waals surface area contributed by atoms with Gasteiger partial charge in [0.05, 0.1) is 6.04 Å². The molecule has 2 fully saturated rings. The van der Waals surface area contributed by atoms with E-state index in [-0.39, 0.29) is 6.04 Å². The number of rotatable bonds is 3. The zero-order valence-electron chi connectivity index (χ0n) is 12.3. The van der Waals surface area contributed by atoms with Crippen LogP contribution in [-0.2, 0) is 4.79 Å². The molecule has 6 heteroatoms. The van der Waals surface area contributed by atoms with Crippen molar-refractivity contribution in [1.82, 2.24) is 15.1 Å². The minimum Gasteiger partial charge on any atom is -0.339 e. The van der Waals surface area contributed by atoms with Crippen LogP contribution in [0.1, 0.15) is 30.7 Å². The Morgan fingerprint density at radius 2 is 2.19 bits per heavy atom. The smallest absolute Gasteiger partial charge is 0.240 e. The molecule has 0 bridgehead atoms. The Hall–Kier alpha value is -0.430. The summed E-state index contributed by atoms with van der Waals surface area (Å²) in [5.74, 6) is 0.330. The topological polar surface area (TPSA) is 35.6 Å². The fourth-order valence-corrected chi connectivity index (χ4v) is 4.85. The third kappa shape index (κ3) is 3.33. The predicted octanol–water partition coefficient (Wildman–Crippen LogP) is 2.47. The lowest BCUT2D eigenvalue weighted by molar-refractivity contribution is -0.137. The largest absolute Gasteiger partial charge is 0.339 e. The maximum Gasteiger partial charge on any atom is 0.240 e. The Morgan fingerprint density at radius 1 is 1.43 bits per heavy atom. The number of piperazine rings is 1. The Kier molecular flexibility index (Phi) is 4.99. The second kappa shape index (κ2) is 6.77. The molecule has 2 aliphatic rings. The summed E-state index contributed by atoms with van der Waals surface area (Å²) in [6, 6.07) is 2.57. The van der Waals surface area contributed by atoms with Gasteiger partial charge >= 0.3 is 0 Å². The molecule has 21 heavy (non-hydrogen) atoms. The van der Waals surface area contributed by atoms with Gasteiger partial charge < -0.3 is 10.2 Å². The molecule has 3 heterocycles. The van der Waals surface area contributed by atoms with Gasteiger partial charge in [-0.05, 0) is 48.3 Å². The molecule has 0 saturated carbocycles. The molecule has 0 aliphatic carbocycles. The second-order valence-electron chi connectivity index (χ2n) is 5.81. The van der Waals surface area contributed by atoms with Crippen LogP contribution < -0.4 is 5.32 Å². The number of carbonyl (C=O) groups is 1. The fraction of sp³-hybridized carbons (Fsp3) is 0.667. The van der Waals surface area contributed by atoms with Crippen LogP contribution in [0.25, 0.3) is 0 Å². The van der Waals surface area contributed by atoms with Crippen molar-refractivity contribution >= 4 is 33.2 Å². The Labute approximate surface area is 138 Å². The van der Waals surface area contributed by atoms with E-state index in [2.05, 4.69) is 44.5 Å². The standard InChI is InChI=1S/C15H22BrN3OS/c1-11(14-9-12(16)10-21-14)19-6-2-3-13(19)15(20)18-7-4-17-5-8-18/h9-11,13,17H,2-8H2,1H3. The molecule has 2 unspecified atom stereocenters. The zero-order chi connectivity index (χ0) is 14.8. The van der Waals surface area contributed by atoms with Crippen molar-refractivity contribution in [1.29, 1.82) is 0 Å². The molecule has 0 spiro atoms. The van der Waals surface area contributed by atoms with Crippen LogP contribution >= 0.6 is 27.3 Å². The van der Waals surface area contributed by atoms with Crippen molar-refractivity contribution in [3.63, 3.8) is 0 Å². The van der Waals surface area contributed by atoms with Crippen LogP contribution in [0.2, 0.25) is 0 Å². The van der Waals surface area contributed by atoms with E-state index in [1.54, 1.807) is 11.3 Å². The normalized spacial score (nSPS) is 25.2. The van der Waals surface area contributed by atoms with Crippen molar-refractivity contribution in [2.24, 2.45) is 0 Å². The molecule has 0 radical (unpaired) electrons. The highest BCUT2D eigenvalue weighted by Gasteiger charge is 2.37. The molecule has 1 amide bonds. The summed E-state index contributed by atoms with van der Waals surface area (Å²) in [6.07, 6.45) is 2.12. The van der Waals surface area contributed by atoms with E-state index in [0.29, 0.717) is 11.9 Å². The maximum absolute atomic E-state index is 12.8. The number of thiophene rings is 1. The van der Waals surface area contributed by atoms with Crippen LogP contribution in [0.3, 0.4) is 0 Å². The van der Waals surface area contributed by atoms with Crippen LogP contribution in [-0.4, -0.2) is 54.5 Å². The van der Waals surface area contributed by atoms with E-state index in [4.69, 9.17) is 0 Å². The summed E-state index contributed by atoms with van der Waals surface area (Å²) >= 11 is 5.30. The molecule has 2 saturated heterocycles. The lowest BCUT2D eigenvalue weighted by Gasteiger charge is -2.35. The molecule has 0 aromatic carbocycles. The number of nitrogens with zero attached hydrogens (tertiary/aromatic N) is 2. The van der Waals surface area contributed by atoms with E-state index in [1.165, 1.54) is 4.88 Å². The van der Waals surface area contributed by atoms with Gasteiger partial charge in [0.15, 0.2) is 0 Å². The van der Waals surface area contributed by atoms with Gasteiger partial charge in [-0.15, -0.1) is 11.3 Å². The van der Waals surface area contributed by atoms with Crippen molar-refractivity contribution in [2.75, 3.05) is 32.7 Å². The van der Waals surface area contributed by atoms with Crippen LogP contribution in [0.5, 0.6) is 0 Å². The number of halogens is 1. The summed E-state index contributed by atoms with van der Waals surface area (Å²) < 4.78 is 1.14. The van der Waals surface area contributed by atoms with Gasteiger partial charge in [-0.25, -0.2) is 0 Å². The first-order valence-electron chi connectivity index (χ1n) is 7.66. The maximum atomic E-state index is 12.8. The molecule has 3 rings (SSSR count). The monoisotopic (exact) mass is 371 g/mol. The average Bonchev–Trinajstić information content (AvgIpc) is 3.15. The molecule has 4 nitrogen and oxygen atoms in total. The summed E-state index contributed by atoms with van der Waals surface area (Å²) in [5, 5.41) is 5.43. The quantitative estimate of drug-likeness (QED) is 0.886. The van der Waals surface area contributed by atoms with Crippen molar-refractivity contribution in [3.8, 4) is 0 Å². The number of likely N-dealkylation sites (tertiary alicyclic amines) is 1. The zero-order valence-corrected chi connectivity index (χ0v) is 14.8. The molecule has 2 aliphatic heterocycles. The first-order chi connectivity index (χ1) is 10.2. The number of carbonyl (C=O) groups excluding carboxylic acids is 1. The number of hydrogen-bond donors (Lipinski definition) is 1. The highest BCUT2D eigenvalue weighted by molar-refractivity contribution is 9.10. The van der Waals surface area contributed by atoms with E-state index in [1.807, 2.05) is 4.90 Å². The predicted molar refractivity (Wildman–Crippen MR) is 89.6 cm³/mol. The van der Waals surface area contributed by atoms with E-state index >= 15 is 0 Å². The van der Waals surface area contributed by atoms with Gasteiger partial charge in [0.1, 0.15) is 0 Å². The average molecular weight is 372 g/mol. The SMILES string of the molecule is CC(c1cc(Br)cs1)N1CCCC1C(=O)N1CCNCC1. The minimum atomic E-state index is 0.0685. The van der Waals surface area contributed by atoms with Crippen LogP contribution in [0.15, 0.2) is 15.9 Å². The highest BCUT2D eigenvalue weighted by Crippen LogP contribution is 2.34. The van der Waals surface area contributed by atoms with Crippen molar-refractivity contribution in [2.45, 2.75) is 31.8 Å². The fourth-order valence-electron chi connectivity index (χ4n) is 3.32. The molecule has 1 aromatic heterocycles. The minimum absolute atomic E-state index is 0.0685. The molecule has 116 valence electrons. The molecule has 1 N–H and O–H groups in total.